The van der Waals surface area contributed by atoms with Crippen LogP contribution in [0.1, 0.15) is 0 Å². The Morgan fingerprint density at radius 2 is 1.82 bits per heavy atom. The number of aliphatic hydroxyl groups excluding tert-OH is 4. The number of benzene rings is 1. The molecule has 1 fully saturated rings. The minimum absolute atomic E-state index is 0.377. The predicted octanol–water partition coefficient (Wildman–Crippen LogP) is -0.587. The minimum Gasteiger partial charge on any atom is -0.460 e. The minimum atomic E-state index is -1.47. The Kier molecular flexibility index (Phi) is 4.23. The van der Waals surface area contributed by atoms with Crippen molar-refractivity contribution in [2.24, 2.45) is 0 Å². The van der Waals surface area contributed by atoms with Crippen molar-refractivity contribution in [1.82, 2.24) is 4.98 Å². The summed E-state index contributed by atoms with van der Waals surface area (Å²) in [6.45, 7) is -0.501. The fourth-order valence-electron chi connectivity index (χ4n) is 2.46. The summed E-state index contributed by atoms with van der Waals surface area (Å²) in [5.41, 5.74) is 0.585. The highest BCUT2D eigenvalue weighted by Crippen LogP contribution is 2.28. The highest BCUT2D eigenvalue weighted by atomic mass is 16.7. The molecule has 7 heteroatoms. The van der Waals surface area contributed by atoms with Crippen LogP contribution in [0.4, 0.5) is 0 Å². The van der Waals surface area contributed by atoms with Crippen LogP contribution in [0.2, 0.25) is 0 Å². The van der Waals surface area contributed by atoms with Gasteiger partial charge in [-0.05, 0) is 12.1 Å². The molecule has 1 unspecified atom stereocenters. The van der Waals surface area contributed by atoms with Gasteiger partial charge in [0.2, 0.25) is 6.29 Å². The van der Waals surface area contributed by atoms with Crippen LogP contribution >= 0.6 is 0 Å². The average molecular weight is 307 g/mol. The lowest BCUT2D eigenvalue weighted by molar-refractivity contribution is -0.277. The molecule has 0 radical (unpaired) electrons. The topological polar surface area (TPSA) is 112 Å². The predicted molar refractivity (Wildman–Crippen MR) is 76.1 cm³/mol. The molecule has 1 aliphatic rings. The third-order valence-corrected chi connectivity index (χ3v) is 3.69. The van der Waals surface area contributed by atoms with E-state index in [0.29, 0.717) is 11.3 Å². The zero-order chi connectivity index (χ0) is 15.7. The monoisotopic (exact) mass is 307 g/mol. The molecule has 1 aromatic carbocycles. The maximum atomic E-state index is 9.99. The van der Waals surface area contributed by atoms with Gasteiger partial charge in [0.05, 0.1) is 6.61 Å². The maximum absolute atomic E-state index is 9.99. The van der Waals surface area contributed by atoms with E-state index in [1.54, 1.807) is 24.4 Å². The van der Waals surface area contributed by atoms with E-state index < -0.39 is 37.3 Å². The van der Waals surface area contributed by atoms with Crippen molar-refractivity contribution in [3.8, 4) is 5.75 Å². The first-order chi connectivity index (χ1) is 10.6. The third kappa shape index (κ3) is 2.65. The van der Waals surface area contributed by atoms with E-state index in [1.807, 2.05) is 12.1 Å². The zero-order valence-corrected chi connectivity index (χ0v) is 11.6. The van der Waals surface area contributed by atoms with Gasteiger partial charge in [0.15, 0.2) is 0 Å². The molecular weight excluding hydrogens is 290 g/mol. The summed E-state index contributed by atoms with van der Waals surface area (Å²) in [6, 6.07) is 8.95. The van der Waals surface area contributed by atoms with E-state index in [4.69, 9.17) is 9.47 Å². The van der Waals surface area contributed by atoms with Crippen molar-refractivity contribution in [1.29, 1.82) is 0 Å². The van der Waals surface area contributed by atoms with E-state index in [1.165, 1.54) is 0 Å². The van der Waals surface area contributed by atoms with Gasteiger partial charge in [-0.2, -0.15) is 0 Å². The van der Waals surface area contributed by atoms with E-state index in [0.717, 1.165) is 5.39 Å². The molecule has 0 saturated carbocycles. The quantitative estimate of drug-likeness (QED) is 0.600. The van der Waals surface area contributed by atoms with Gasteiger partial charge in [0, 0.05) is 11.6 Å². The van der Waals surface area contributed by atoms with Crippen LogP contribution in [0, 0.1) is 0 Å². The molecule has 0 spiro atoms. The first-order valence-corrected chi connectivity index (χ1v) is 6.92. The third-order valence-electron chi connectivity index (χ3n) is 3.69. The number of fused-ring (bicyclic) bond motifs is 1. The Labute approximate surface area is 126 Å². The standard InChI is InChI=1S/C15H17NO6/c17-7-10-12(18)13(19)14(20)15(22-10)21-9-5-1-3-8-4-2-6-16-11(8)9/h1-6,10,12-15,17-20H,7H2/t10?,12-,13+,14-,15-/m1/s1. The lowest BCUT2D eigenvalue weighted by Gasteiger charge is -2.39. The smallest absolute Gasteiger partial charge is 0.229 e. The van der Waals surface area contributed by atoms with Crippen molar-refractivity contribution in [2.75, 3.05) is 6.61 Å². The summed E-state index contributed by atoms with van der Waals surface area (Å²) in [4.78, 5) is 4.22. The SMILES string of the molecule is OCC1O[C@@H](Oc2cccc3cccnc23)[C@H](O)[C@@H](O)[C@@H]1O. The molecule has 0 amide bonds. The number of pyridine rings is 1. The van der Waals surface area contributed by atoms with Gasteiger partial charge in [0.25, 0.3) is 0 Å². The summed E-state index contributed by atoms with van der Waals surface area (Å²) >= 11 is 0. The van der Waals surface area contributed by atoms with Gasteiger partial charge in [0.1, 0.15) is 35.7 Å². The molecule has 4 N–H and O–H groups in total. The second kappa shape index (κ2) is 6.15. The maximum Gasteiger partial charge on any atom is 0.229 e. The molecule has 22 heavy (non-hydrogen) atoms. The first-order valence-electron chi connectivity index (χ1n) is 6.92. The van der Waals surface area contributed by atoms with E-state index in [9.17, 15) is 20.4 Å². The highest BCUT2D eigenvalue weighted by molar-refractivity contribution is 5.84. The molecule has 118 valence electrons. The molecule has 1 aromatic heterocycles. The van der Waals surface area contributed by atoms with Crippen LogP contribution in [0.5, 0.6) is 5.75 Å². The fourth-order valence-corrected chi connectivity index (χ4v) is 2.46. The largest absolute Gasteiger partial charge is 0.460 e. The Bertz CT molecular complexity index is 643. The molecule has 5 atom stereocenters. The van der Waals surface area contributed by atoms with Gasteiger partial charge in [-0.25, -0.2) is 0 Å². The summed E-state index contributed by atoms with van der Waals surface area (Å²) in [7, 11) is 0. The number of para-hydroxylation sites is 1. The van der Waals surface area contributed by atoms with Crippen LogP contribution in [0.25, 0.3) is 10.9 Å². The number of rotatable bonds is 3. The summed E-state index contributed by atoms with van der Waals surface area (Å²) in [6.07, 6.45) is -4.95. The molecule has 2 aromatic rings. The fraction of sp³-hybridized carbons (Fsp3) is 0.400. The van der Waals surface area contributed by atoms with Crippen molar-refractivity contribution >= 4 is 10.9 Å². The average Bonchev–Trinajstić information content (AvgIpc) is 2.55. The van der Waals surface area contributed by atoms with Gasteiger partial charge in [-0.3, -0.25) is 4.98 Å². The van der Waals surface area contributed by atoms with Crippen molar-refractivity contribution < 1.29 is 29.9 Å². The highest BCUT2D eigenvalue weighted by Gasteiger charge is 2.44. The summed E-state index contributed by atoms with van der Waals surface area (Å²) in [5.74, 6) is 0.377. The van der Waals surface area contributed by atoms with Gasteiger partial charge in [-0.15, -0.1) is 0 Å². The lowest BCUT2D eigenvalue weighted by atomic mass is 9.99. The van der Waals surface area contributed by atoms with Crippen LogP contribution < -0.4 is 4.74 Å². The Morgan fingerprint density at radius 3 is 2.59 bits per heavy atom. The van der Waals surface area contributed by atoms with Crippen LogP contribution in [0.3, 0.4) is 0 Å². The lowest BCUT2D eigenvalue weighted by Crippen LogP contribution is -2.60. The van der Waals surface area contributed by atoms with Crippen LogP contribution in [-0.4, -0.2) is 62.7 Å². The van der Waals surface area contributed by atoms with Crippen molar-refractivity contribution in [3.05, 3.63) is 36.5 Å². The van der Waals surface area contributed by atoms with Gasteiger partial charge in [-0.1, -0.05) is 18.2 Å². The van der Waals surface area contributed by atoms with E-state index in [-0.39, 0.29) is 0 Å². The number of aromatic nitrogens is 1. The van der Waals surface area contributed by atoms with E-state index >= 15 is 0 Å². The molecule has 3 rings (SSSR count). The molecule has 0 aliphatic carbocycles. The first kappa shape index (κ1) is 15.1. The molecular formula is C15H17NO6. The van der Waals surface area contributed by atoms with Crippen molar-refractivity contribution in [2.45, 2.75) is 30.7 Å². The van der Waals surface area contributed by atoms with Crippen LogP contribution in [0.15, 0.2) is 36.5 Å². The van der Waals surface area contributed by atoms with Crippen molar-refractivity contribution in [3.63, 3.8) is 0 Å². The molecule has 2 heterocycles. The number of nitrogens with zero attached hydrogens (tertiary/aromatic N) is 1. The zero-order valence-electron chi connectivity index (χ0n) is 11.6. The van der Waals surface area contributed by atoms with Gasteiger partial charge >= 0.3 is 0 Å². The Balaban J connectivity index is 1.87. The molecule has 1 saturated heterocycles. The molecule has 1 aliphatic heterocycles. The number of hydrogen-bond donors (Lipinski definition) is 4. The van der Waals surface area contributed by atoms with Crippen LogP contribution in [-0.2, 0) is 4.74 Å². The van der Waals surface area contributed by atoms with Gasteiger partial charge < -0.3 is 29.9 Å². The second-order valence-electron chi connectivity index (χ2n) is 5.15. The second-order valence-corrected chi connectivity index (χ2v) is 5.15. The number of ether oxygens (including phenoxy) is 2. The summed E-state index contributed by atoms with van der Waals surface area (Å²) < 4.78 is 10.9. The number of hydrogen-bond acceptors (Lipinski definition) is 7. The Morgan fingerprint density at radius 1 is 1.05 bits per heavy atom. The number of aliphatic hydroxyl groups is 4. The molecule has 7 nitrogen and oxygen atoms in total. The molecule has 0 bridgehead atoms. The van der Waals surface area contributed by atoms with E-state index in [2.05, 4.69) is 4.98 Å². The normalized spacial score (nSPS) is 32.1. The summed E-state index contributed by atoms with van der Waals surface area (Å²) in [5, 5.41) is 39.5. The Hall–Kier alpha value is -1.77.